The number of hydrogen-bond acceptors (Lipinski definition) is 4. The number of aromatic nitrogens is 3. The van der Waals surface area contributed by atoms with Crippen LogP contribution >= 0.6 is 23.2 Å². The monoisotopic (exact) mass is 268 g/mol. The molecule has 0 bridgehead atoms. The van der Waals surface area contributed by atoms with Crippen LogP contribution in [0.5, 0.6) is 0 Å². The van der Waals surface area contributed by atoms with Gasteiger partial charge in [-0.3, -0.25) is 4.98 Å². The van der Waals surface area contributed by atoms with E-state index < -0.39 is 0 Å². The molecule has 6 heteroatoms. The smallest absolute Gasteiger partial charge is 0.224 e. The van der Waals surface area contributed by atoms with Crippen LogP contribution in [0, 0.1) is 6.92 Å². The van der Waals surface area contributed by atoms with Gasteiger partial charge in [0.2, 0.25) is 5.28 Å². The van der Waals surface area contributed by atoms with Crippen molar-refractivity contribution >= 4 is 29.0 Å². The minimum atomic E-state index is 0.170. The van der Waals surface area contributed by atoms with E-state index in [1.54, 1.807) is 6.20 Å². The van der Waals surface area contributed by atoms with Crippen molar-refractivity contribution in [1.82, 2.24) is 15.0 Å². The minimum absolute atomic E-state index is 0.170. The van der Waals surface area contributed by atoms with Crippen molar-refractivity contribution in [3.63, 3.8) is 0 Å². The predicted octanol–water partition coefficient (Wildman–Crippen LogP) is 3.10. The van der Waals surface area contributed by atoms with Crippen LogP contribution in [0.2, 0.25) is 10.3 Å². The summed E-state index contributed by atoms with van der Waals surface area (Å²) in [6.45, 7) is 2.61. The highest BCUT2D eigenvalue weighted by molar-refractivity contribution is 6.33. The molecule has 0 aliphatic heterocycles. The number of rotatable bonds is 3. The Hall–Kier alpha value is -1.39. The van der Waals surface area contributed by atoms with Gasteiger partial charge in [-0.15, -0.1) is 0 Å². The lowest BCUT2D eigenvalue weighted by molar-refractivity contribution is 1.05. The van der Waals surface area contributed by atoms with E-state index in [0.29, 0.717) is 17.4 Å². The summed E-state index contributed by atoms with van der Waals surface area (Å²) in [7, 11) is 0. The van der Waals surface area contributed by atoms with Gasteiger partial charge in [-0.25, -0.2) is 4.98 Å². The van der Waals surface area contributed by atoms with Gasteiger partial charge in [0, 0.05) is 18.9 Å². The minimum Gasteiger partial charge on any atom is -0.365 e. The van der Waals surface area contributed by atoms with Crippen molar-refractivity contribution in [2.24, 2.45) is 0 Å². The molecule has 88 valence electrons. The molecule has 0 radical (unpaired) electrons. The Balaban J connectivity index is 2.12. The lowest BCUT2D eigenvalue weighted by Crippen LogP contribution is -2.04. The number of halogens is 2. The fourth-order valence-corrected chi connectivity index (χ4v) is 1.64. The van der Waals surface area contributed by atoms with E-state index in [1.165, 1.54) is 6.20 Å². The SMILES string of the molecule is Cc1cnccc1CNc1nc(Cl)ncc1Cl. The fourth-order valence-electron chi connectivity index (χ4n) is 1.35. The summed E-state index contributed by atoms with van der Waals surface area (Å²) >= 11 is 11.6. The van der Waals surface area contributed by atoms with Crippen molar-refractivity contribution in [3.05, 3.63) is 46.1 Å². The zero-order chi connectivity index (χ0) is 12.3. The maximum atomic E-state index is 5.94. The van der Waals surface area contributed by atoms with Gasteiger partial charge in [-0.05, 0) is 35.7 Å². The van der Waals surface area contributed by atoms with E-state index in [0.717, 1.165) is 11.1 Å². The van der Waals surface area contributed by atoms with Crippen LogP contribution in [0.15, 0.2) is 24.7 Å². The third-order valence-electron chi connectivity index (χ3n) is 2.30. The Morgan fingerprint density at radius 3 is 2.88 bits per heavy atom. The first-order chi connectivity index (χ1) is 8.16. The number of hydrogen-bond donors (Lipinski definition) is 1. The summed E-state index contributed by atoms with van der Waals surface area (Å²) in [6, 6.07) is 1.94. The molecule has 0 aliphatic rings. The Morgan fingerprint density at radius 2 is 2.12 bits per heavy atom. The summed E-state index contributed by atoms with van der Waals surface area (Å²) in [5.41, 5.74) is 2.24. The molecule has 0 fully saturated rings. The molecule has 0 saturated heterocycles. The topological polar surface area (TPSA) is 50.7 Å². The number of pyridine rings is 1. The maximum absolute atomic E-state index is 5.94. The van der Waals surface area contributed by atoms with Gasteiger partial charge in [-0.2, -0.15) is 4.98 Å². The summed E-state index contributed by atoms with van der Waals surface area (Å²) in [5.74, 6) is 0.530. The van der Waals surface area contributed by atoms with E-state index in [2.05, 4.69) is 20.3 Å². The van der Waals surface area contributed by atoms with Crippen molar-refractivity contribution in [1.29, 1.82) is 0 Å². The van der Waals surface area contributed by atoms with Gasteiger partial charge in [0.05, 0.1) is 6.20 Å². The van der Waals surface area contributed by atoms with Crippen LogP contribution in [0.1, 0.15) is 11.1 Å². The Morgan fingerprint density at radius 1 is 1.29 bits per heavy atom. The van der Waals surface area contributed by atoms with Gasteiger partial charge >= 0.3 is 0 Å². The van der Waals surface area contributed by atoms with Gasteiger partial charge in [0.15, 0.2) is 0 Å². The van der Waals surface area contributed by atoms with Crippen molar-refractivity contribution in [2.45, 2.75) is 13.5 Å². The number of nitrogens with zero attached hydrogens (tertiary/aromatic N) is 3. The van der Waals surface area contributed by atoms with E-state index in [9.17, 15) is 0 Å². The van der Waals surface area contributed by atoms with Gasteiger partial charge < -0.3 is 5.32 Å². The highest BCUT2D eigenvalue weighted by atomic mass is 35.5. The van der Waals surface area contributed by atoms with Crippen LogP contribution in [0.3, 0.4) is 0 Å². The van der Waals surface area contributed by atoms with Crippen LogP contribution in [-0.2, 0) is 6.54 Å². The number of aryl methyl sites for hydroxylation is 1. The third kappa shape index (κ3) is 3.05. The van der Waals surface area contributed by atoms with Gasteiger partial charge in [0.1, 0.15) is 10.8 Å². The average molecular weight is 269 g/mol. The summed E-state index contributed by atoms with van der Waals surface area (Å²) < 4.78 is 0. The van der Waals surface area contributed by atoms with Crippen LogP contribution in [0.4, 0.5) is 5.82 Å². The summed E-state index contributed by atoms with van der Waals surface area (Å²) in [4.78, 5) is 11.8. The lowest BCUT2D eigenvalue weighted by Gasteiger charge is -2.08. The first-order valence-corrected chi connectivity index (χ1v) is 5.74. The Labute approximate surface area is 109 Å². The molecule has 0 aromatic carbocycles. The van der Waals surface area contributed by atoms with E-state index in [1.807, 2.05) is 19.2 Å². The molecule has 0 amide bonds. The highest BCUT2D eigenvalue weighted by Crippen LogP contribution is 2.20. The predicted molar refractivity (Wildman–Crippen MR) is 68.4 cm³/mol. The molecule has 0 saturated carbocycles. The summed E-state index contributed by atoms with van der Waals surface area (Å²) in [5, 5.41) is 3.73. The maximum Gasteiger partial charge on any atom is 0.224 e. The van der Waals surface area contributed by atoms with E-state index >= 15 is 0 Å². The van der Waals surface area contributed by atoms with Crippen molar-refractivity contribution in [3.8, 4) is 0 Å². The highest BCUT2D eigenvalue weighted by Gasteiger charge is 2.04. The average Bonchev–Trinajstić information content (AvgIpc) is 2.32. The Bertz CT molecular complexity index is 531. The molecule has 0 aliphatic carbocycles. The second kappa shape index (κ2) is 5.29. The second-order valence-corrected chi connectivity index (χ2v) is 4.24. The van der Waals surface area contributed by atoms with Crippen LogP contribution < -0.4 is 5.32 Å². The Kier molecular flexibility index (Phi) is 3.76. The quantitative estimate of drug-likeness (QED) is 0.870. The van der Waals surface area contributed by atoms with Crippen molar-refractivity contribution < 1.29 is 0 Å². The normalized spacial score (nSPS) is 10.3. The molecule has 1 N–H and O–H groups in total. The summed E-state index contributed by atoms with van der Waals surface area (Å²) in [6.07, 6.45) is 5.03. The number of anilines is 1. The molecule has 17 heavy (non-hydrogen) atoms. The third-order valence-corrected chi connectivity index (χ3v) is 2.76. The second-order valence-electron chi connectivity index (χ2n) is 3.49. The van der Waals surface area contributed by atoms with E-state index in [4.69, 9.17) is 23.2 Å². The zero-order valence-corrected chi connectivity index (χ0v) is 10.6. The number of nitrogens with one attached hydrogen (secondary N) is 1. The van der Waals surface area contributed by atoms with Gasteiger partial charge in [-0.1, -0.05) is 11.6 Å². The molecule has 0 unspecified atom stereocenters. The first-order valence-electron chi connectivity index (χ1n) is 4.98. The molecule has 2 aromatic heterocycles. The molecular formula is C11H10Cl2N4. The van der Waals surface area contributed by atoms with Crippen molar-refractivity contribution in [2.75, 3.05) is 5.32 Å². The van der Waals surface area contributed by atoms with Gasteiger partial charge in [0.25, 0.3) is 0 Å². The molecule has 2 heterocycles. The fraction of sp³-hybridized carbons (Fsp3) is 0.182. The molecule has 0 spiro atoms. The lowest BCUT2D eigenvalue weighted by atomic mass is 10.1. The molecule has 2 rings (SSSR count). The first kappa shape index (κ1) is 12.1. The van der Waals surface area contributed by atoms with Crippen LogP contribution in [0.25, 0.3) is 0 Å². The largest absolute Gasteiger partial charge is 0.365 e. The van der Waals surface area contributed by atoms with E-state index in [-0.39, 0.29) is 5.28 Å². The molecule has 2 aromatic rings. The molecule has 0 atom stereocenters. The standard InChI is InChI=1S/C11H10Cl2N4/c1-7-4-14-3-2-8(7)5-15-10-9(12)6-16-11(13)17-10/h2-4,6H,5H2,1H3,(H,15,16,17). The molecular weight excluding hydrogens is 259 g/mol. The zero-order valence-electron chi connectivity index (χ0n) is 9.11. The van der Waals surface area contributed by atoms with Crippen LogP contribution in [-0.4, -0.2) is 15.0 Å². The molecule has 4 nitrogen and oxygen atoms in total.